The van der Waals surface area contributed by atoms with Crippen molar-refractivity contribution in [1.29, 1.82) is 0 Å². The van der Waals surface area contributed by atoms with Gasteiger partial charge in [0.25, 0.3) is 0 Å². The maximum Gasteiger partial charge on any atom is 0.119 e. The van der Waals surface area contributed by atoms with E-state index in [1.807, 2.05) is 36.4 Å². The number of hydrogen-bond acceptors (Lipinski definition) is 5. The van der Waals surface area contributed by atoms with Gasteiger partial charge in [-0.2, -0.15) is 0 Å². The minimum Gasteiger partial charge on any atom is -0.497 e. The van der Waals surface area contributed by atoms with Gasteiger partial charge in [-0.1, -0.05) is 72.3 Å². The molecule has 10 rings (SSSR count). The van der Waals surface area contributed by atoms with E-state index in [9.17, 15) is 0 Å². The molecule has 0 radical (unpaired) electrons. The van der Waals surface area contributed by atoms with Crippen LogP contribution in [-0.2, 0) is 19.3 Å². The maximum atomic E-state index is 6.46. The van der Waals surface area contributed by atoms with Gasteiger partial charge in [-0.15, -0.1) is 0 Å². The van der Waals surface area contributed by atoms with Crippen LogP contribution in [0.25, 0.3) is 32.9 Å². The molecule has 0 saturated carbocycles. The Morgan fingerprint density at radius 1 is 0.433 bits per heavy atom. The lowest BCUT2D eigenvalue weighted by atomic mass is 9.95. The monoisotopic (exact) mass is 799 g/mol. The molecule has 0 fully saturated rings. The number of hydrogen-bond donors (Lipinski definition) is 0. The zero-order valence-electron chi connectivity index (χ0n) is 33.5. The number of anilines is 6. The van der Waals surface area contributed by atoms with Gasteiger partial charge < -0.3 is 19.3 Å². The Morgan fingerprint density at radius 3 is 1.28 bits per heavy atom. The van der Waals surface area contributed by atoms with Crippen molar-refractivity contribution < 1.29 is 9.47 Å². The normalized spacial score (nSPS) is 12.1. The molecule has 0 unspecified atom stereocenters. The van der Waals surface area contributed by atoms with E-state index in [-0.39, 0.29) is 0 Å². The van der Waals surface area contributed by atoms with Crippen LogP contribution in [0, 0.1) is 0 Å². The molecule has 1 aliphatic carbocycles. The SMILES string of the molecule is COc1ccc(N(c2ccc(OC)cc2)c2ccc3c(c2)Cc2cc(N(c4ccc(Cl)cc4)c4ccc(-c5c6ccccc6nc6ccccc56)cc4)ccc2CC3)cc1. The highest BCUT2D eigenvalue weighted by Gasteiger charge is 2.21. The fraction of sp³-hybridized carbons (Fsp3) is 0.0926. The van der Waals surface area contributed by atoms with Crippen LogP contribution in [0.15, 0.2) is 182 Å². The molecule has 0 spiro atoms. The van der Waals surface area contributed by atoms with E-state index < -0.39 is 0 Å². The lowest BCUT2D eigenvalue weighted by molar-refractivity contribution is 0.415. The second-order valence-electron chi connectivity index (χ2n) is 15.2. The second-order valence-corrected chi connectivity index (χ2v) is 15.6. The Morgan fingerprint density at radius 2 is 0.833 bits per heavy atom. The van der Waals surface area contributed by atoms with E-state index in [2.05, 4.69) is 155 Å². The van der Waals surface area contributed by atoms with Crippen molar-refractivity contribution in [2.45, 2.75) is 19.3 Å². The van der Waals surface area contributed by atoms with Gasteiger partial charge in [-0.05, 0) is 168 Å². The minimum atomic E-state index is 0.707. The lowest BCUT2D eigenvalue weighted by Gasteiger charge is -2.27. The Kier molecular flexibility index (Phi) is 9.88. The van der Waals surface area contributed by atoms with E-state index in [0.717, 1.165) is 92.3 Å². The number of aryl methyl sites for hydroxylation is 2. The molecule has 1 aliphatic rings. The van der Waals surface area contributed by atoms with Crippen LogP contribution >= 0.6 is 11.6 Å². The van der Waals surface area contributed by atoms with Crippen LogP contribution in [0.5, 0.6) is 11.5 Å². The van der Waals surface area contributed by atoms with E-state index in [0.29, 0.717) is 5.02 Å². The predicted molar refractivity (Wildman–Crippen MR) is 249 cm³/mol. The van der Waals surface area contributed by atoms with Gasteiger partial charge in [0, 0.05) is 55.5 Å². The molecule has 8 aromatic carbocycles. The predicted octanol–water partition coefficient (Wildman–Crippen LogP) is 14.4. The molecule has 0 bridgehead atoms. The summed E-state index contributed by atoms with van der Waals surface area (Å²) in [7, 11) is 3.40. The number of halogens is 1. The Bertz CT molecular complexity index is 2880. The van der Waals surface area contributed by atoms with Crippen LogP contribution in [0.1, 0.15) is 22.3 Å². The molecular weight excluding hydrogens is 758 g/mol. The van der Waals surface area contributed by atoms with E-state index in [1.165, 1.54) is 27.8 Å². The minimum absolute atomic E-state index is 0.707. The topological polar surface area (TPSA) is 37.8 Å². The van der Waals surface area contributed by atoms with Crippen molar-refractivity contribution in [3.05, 3.63) is 209 Å². The first-order valence-electron chi connectivity index (χ1n) is 20.3. The molecule has 0 aliphatic heterocycles. The van der Waals surface area contributed by atoms with Crippen LogP contribution < -0.4 is 19.3 Å². The third-order valence-electron chi connectivity index (χ3n) is 11.7. The van der Waals surface area contributed by atoms with Crippen LogP contribution in [0.4, 0.5) is 34.1 Å². The smallest absolute Gasteiger partial charge is 0.119 e. The number of nitrogens with zero attached hydrogens (tertiary/aromatic N) is 3. The van der Waals surface area contributed by atoms with Gasteiger partial charge in [-0.25, -0.2) is 4.98 Å². The van der Waals surface area contributed by atoms with E-state index in [4.69, 9.17) is 26.1 Å². The number of methoxy groups -OCH3 is 2. The van der Waals surface area contributed by atoms with Gasteiger partial charge in [0.1, 0.15) is 11.5 Å². The van der Waals surface area contributed by atoms with Crippen molar-refractivity contribution in [2.75, 3.05) is 24.0 Å². The molecule has 6 heteroatoms. The zero-order chi connectivity index (χ0) is 40.6. The van der Waals surface area contributed by atoms with Crippen LogP contribution in [0.3, 0.4) is 0 Å². The summed E-state index contributed by atoms with van der Waals surface area (Å²) < 4.78 is 11.0. The van der Waals surface area contributed by atoms with Crippen molar-refractivity contribution in [3.8, 4) is 22.6 Å². The molecule has 0 N–H and O–H groups in total. The molecular formula is C54H42ClN3O2. The molecule has 0 amide bonds. The number of fused-ring (bicyclic) bond motifs is 4. The summed E-state index contributed by atoms with van der Waals surface area (Å²) in [5.74, 6) is 1.64. The molecule has 60 heavy (non-hydrogen) atoms. The Balaban J connectivity index is 1.03. The lowest BCUT2D eigenvalue weighted by Crippen LogP contribution is -2.11. The quantitative estimate of drug-likeness (QED) is 0.136. The fourth-order valence-electron chi connectivity index (χ4n) is 8.67. The van der Waals surface area contributed by atoms with Crippen molar-refractivity contribution in [1.82, 2.24) is 4.98 Å². The highest BCUT2D eigenvalue weighted by molar-refractivity contribution is 6.30. The van der Waals surface area contributed by atoms with Crippen LogP contribution in [-0.4, -0.2) is 19.2 Å². The van der Waals surface area contributed by atoms with Crippen molar-refractivity contribution >= 4 is 67.5 Å². The zero-order valence-corrected chi connectivity index (χ0v) is 34.2. The van der Waals surface area contributed by atoms with Gasteiger partial charge >= 0.3 is 0 Å². The third kappa shape index (κ3) is 7.08. The Hall–Kier alpha value is -7.08. The summed E-state index contributed by atoms with van der Waals surface area (Å²) >= 11 is 6.46. The highest BCUT2D eigenvalue weighted by Crippen LogP contribution is 2.42. The number of para-hydroxylation sites is 2. The standard InChI is InChI=1S/C54H42ClN3O2/c1-59-48-29-25-44(26-30-48)58(45-27-31-49(60-2)32-28-45)47-22-14-37-12-11-36-13-21-46(34-39(36)33-40(37)35-47)57(43-23-17-41(55)18-24-43)42-19-15-38(16-20-42)54-50-7-3-5-9-52(50)56-53-10-6-4-8-51(53)54/h3-10,13-32,34-35H,11-12,33H2,1-2H3. The van der Waals surface area contributed by atoms with E-state index in [1.54, 1.807) is 14.2 Å². The number of pyridine rings is 1. The summed E-state index contributed by atoms with van der Waals surface area (Å²) in [5.41, 5.74) is 16.1. The molecule has 1 aromatic heterocycles. The molecule has 292 valence electrons. The van der Waals surface area contributed by atoms with Crippen molar-refractivity contribution in [2.24, 2.45) is 0 Å². The first kappa shape index (κ1) is 37.2. The molecule has 0 saturated heterocycles. The number of ether oxygens (including phenoxy) is 2. The average molecular weight is 800 g/mol. The highest BCUT2D eigenvalue weighted by atomic mass is 35.5. The van der Waals surface area contributed by atoms with Gasteiger partial charge in [0.2, 0.25) is 0 Å². The van der Waals surface area contributed by atoms with Crippen LogP contribution in [0.2, 0.25) is 5.02 Å². The first-order valence-corrected chi connectivity index (χ1v) is 20.7. The molecule has 9 aromatic rings. The Labute approximate surface area is 355 Å². The maximum absolute atomic E-state index is 6.46. The average Bonchev–Trinajstić information content (AvgIpc) is 3.48. The first-order chi connectivity index (χ1) is 29.5. The number of aromatic nitrogens is 1. The van der Waals surface area contributed by atoms with Gasteiger partial charge in [0.05, 0.1) is 25.3 Å². The largest absolute Gasteiger partial charge is 0.497 e. The summed E-state index contributed by atoms with van der Waals surface area (Å²) in [6.07, 6.45) is 2.78. The number of benzene rings is 8. The van der Waals surface area contributed by atoms with Crippen molar-refractivity contribution in [3.63, 3.8) is 0 Å². The molecule has 0 atom stereocenters. The summed E-state index contributed by atoms with van der Waals surface area (Å²) in [5, 5.41) is 2.99. The molecule has 5 nitrogen and oxygen atoms in total. The van der Waals surface area contributed by atoms with Gasteiger partial charge in [-0.3, -0.25) is 0 Å². The van der Waals surface area contributed by atoms with E-state index >= 15 is 0 Å². The fourth-order valence-corrected chi connectivity index (χ4v) is 8.80. The summed E-state index contributed by atoms with van der Waals surface area (Å²) in [6.45, 7) is 0. The third-order valence-corrected chi connectivity index (χ3v) is 11.9. The molecule has 1 heterocycles. The summed E-state index contributed by atoms with van der Waals surface area (Å²) in [4.78, 5) is 9.61. The number of rotatable bonds is 9. The second kappa shape index (κ2) is 15.9. The summed E-state index contributed by atoms with van der Waals surface area (Å²) in [6, 6.07) is 64.3. The van der Waals surface area contributed by atoms with Gasteiger partial charge in [0.15, 0.2) is 0 Å².